The van der Waals surface area contributed by atoms with Crippen molar-refractivity contribution in [1.29, 1.82) is 0 Å². The molecular formula is C16H23NO. The van der Waals surface area contributed by atoms with Crippen LogP contribution in [0.5, 0.6) is 5.75 Å². The van der Waals surface area contributed by atoms with Crippen LogP contribution in [0.2, 0.25) is 0 Å². The molecule has 2 atom stereocenters. The van der Waals surface area contributed by atoms with Crippen molar-refractivity contribution < 1.29 is 4.74 Å². The minimum atomic E-state index is 0.808. The molecule has 0 radical (unpaired) electrons. The minimum absolute atomic E-state index is 0.808. The van der Waals surface area contributed by atoms with E-state index < -0.39 is 0 Å². The van der Waals surface area contributed by atoms with Crippen molar-refractivity contribution >= 4 is 0 Å². The molecular weight excluding hydrogens is 222 g/mol. The summed E-state index contributed by atoms with van der Waals surface area (Å²) in [6, 6.07) is 7.47. The standard InChI is InChI=1S/C16H23NO/c1-2-3-13-11-15(13)17-8-6-12-4-5-16-14(10-12)7-9-18-16/h4-5,10,13,15,17H,2-3,6-9,11H2,1H3. The van der Waals surface area contributed by atoms with Gasteiger partial charge in [0.15, 0.2) is 0 Å². The average Bonchev–Trinajstić information content (AvgIpc) is 2.94. The van der Waals surface area contributed by atoms with Crippen LogP contribution in [0.25, 0.3) is 0 Å². The zero-order valence-electron chi connectivity index (χ0n) is 11.2. The van der Waals surface area contributed by atoms with Gasteiger partial charge in [0, 0.05) is 12.5 Å². The van der Waals surface area contributed by atoms with E-state index in [1.807, 2.05) is 0 Å². The molecule has 1 aliphatic carbocycles. The average molecular weight is 245 g/mol. The topological polar surface area (TPSA) is 21.3 Å². The molecule has 1 N–H and O–H groups in total. The molecule has 1 heterocycles. The molecule has 1 aliphatic heterocycles. The molecule has 3 rings (SSSR count). The van der Waals surface area contributed by atoms with Gasteiger partial charge in [-0.15, -0.1) is 0 Å². The van der Waals surface area contributed by atoms with Crippen LogP contribution >= 0.6 is 0 Å². The molecule has 98 valence electrons. The third kappa shape index (κ3) is 2.69. The van der Waals surface area contributed by atoms with Crippen molar-refractivity contribution in [3.8, 4) is 5.75 Å². The lowest BCUT2D eigenvalue weighted by molar-refractivity contribution is 0.357. The number of benzene rings is 1. The minimum Gasteiger partial charge on any atom is -0.493 e. The van der Waals surface area contributed by atoms with Crippen LogP contribution in [-0.2, 0) is 12.8 Å². The Balaban J connectivity index is 1.44. The summed E-state index contributed by atoms with van der Waals surface area (Å²) in [7, 11) is 0. The molecule has 2 aliphatic rings. The largest absolute Gasteiger partial charge is 0.493 e. The van der Waals surface area contributed by atoms with E-state index in [1.54, 1.807) is 0 Å². The summed E-state index contributed by atoms with van der Waals surface area (Å²) >= 11 is 0. The van der Waals surface area contributed by atoms with Crippen molar-refractivity contribution in [1.82, 2.24) is 5.32 Å². The summed E-state index contributed by atoms with van der Waals surface area (Å²) < 4.78 is 5.53. The van der Waals surface area contributed by atoms with Crippen molar-refractivity contribution in [2.24, 2.45) is 5.92 Å². The molecule has 0 aromatic heterocycles. The van der Waals surface area contributed by atoms with Gasteiger partial charge in [0.2, 0.25) is 0 Å². The SMILES string of the molecule is CCCC1CC1NCCc1ccc2c(c1)CCO2. The van der Waals surface area contributed by atoms with E-state index in [1.165, 1.54) is 30.4 Å². The normalized spacial score (nSPS) is 24.7. The van der Waals surface area contributed by atoms with Gasteiger partial charge in [-0.05, 0) is 48.9 Å². The number of rotatable bonds is 6. The zero-order valence-corrected chi connectivity index (χ0v) is 11.2. The van der Waals surface area contributed by atoms with E-state index in [0.29, 0.717) is 0 Å². The van der Waals surface area contributed by atoms with E-state index >= 15 is 0 Å². The molecule has 0 spiro atoms. The van der Waals surface area contributed by atoms with Crippen LogP contribution in [0.1, 0.15) is 37.3 Å². The zero-order chi connectivity index (χ0) is 12.4. The van der Waals surface area contributed by atoms with Crippen molar-refractivity contribution in [3.05, 3.63) is 29.3 Å². The molecule has 1 fully saturated rings. The molecule has 0 amide bonds. The fourth-order valence-electron chi connectivity index (χ4n) is 2.98. The molecule has 2 heteroatoms. The smallest absolute Gasteiger partial charge is 0.122 e. The molecule has 0 bridgehead atoms. The van der Waals surface area contributed by atoms with Gasteiger partial charge in [0.1, 0.15) is 5.75 Å². The molecule has 18 heavy (non-hydrogen) atoms. The first-order chi connectivity index (χ1) is 8.86. The monoisotopic (exact) mass is 245 g/mol. The van der Waals surface area contributed by atoms with Gasteiger partial charge in [0.05, 0.1) is 6.61 Å². The van der Waals surface area contributed by atoms with E-state index in [9.17, 15) is 0 Å². The Morgan fingerprint density at radius 1 is 1.39 bits per heavy atom. The van der Waals surface area contributed by atoms with E-state index in [-0.39, 0.29) is 0 Å². The third-order valence-electron chi connectivity index (χ3n) is 4.16. The van der Waals surface area contributed by atoms with Crippen LogP contribution in [0.4, 0.5) is 0 Å². The molecule has 0 saturated heterocycles. The summed E-state index contributed by atoms with van der Waals surface area (Å²) in [4.78, 5) is 0. The van der Waals surface area contributed by atoms with Crippen molar-refractivity contribution in [2.75, 3.05) is 13.2 Å². The molecule has 1 saturated carbocycles. The van der Waals surface area contributed by atoms with Crippen LogP contribution in [0.3, 0.4) is 0 Å². The second-order valence-corrected chi connectivity index (χ2v) is 5.64. The van der Waals surface area contributed by atoms with Gasteiger partial charge in [-0.3, -0.25) is 0 Å². The van der Waals surface area contributed by atoms with E-state index in [0.717, 1.165) is 43.7 Å². The first-order valence-electron chi connectivity index (χ1n) is 7.35. The molecule has 1 aromatic carbocycles. The quantitative estimate of drug-likeness (QED) is 0.832. The summed E-state index contributed by atoms with van der Waals surface area (Å²) in [5.74, 6) is 2.06. The Morgan fingerprint density at radius 2 is 2.33 bits per heavy atom. The summed E-state index contributed by atoms with van der Waals surface area (Å²) in [6.07, 6.45) is 6.34. The Kier molecular flexibility index (Phi) is 3.55. The second-order valence-electron chi connectivity index (χ2n) is 5.64. The van der Waals surface area contributed by atoms with Gasteiger partial charge < -0.3 is 10.1 Å². The van der Waals surface area contributed by atoms with Gasteiger partial charge >= 0.3 is 0 Å². The highest BCUT2D eigenvalue weighted by Crippen LogP contribution is 2.34. The third-order valence-corrected chi connectivity index (χ3v) is 4.16. The maximum Gasteiger partial charge on any atom is 0.122 e. The molecule has 2 unspecified atom stereocenters. The first kappa shape index (κ1) is 12.0. The first-order valence-corrected chi connectivity index (χ1v) is 7.35. The second kappa shape index (κ2) is 5.31. The highest BCUT2D eigenvalue weighted by Gasteiger charge is 2.34. The van der Waals surface area contributed by atoms with Gasteiger partial charge in [-0.1, -0.05) is 25.5 Å². The Hall–Kier alpha value is -1.02. The van der Waals surface area contributed by atoms with Crippen molar-refractivity contribution in [3.63, 3.8) is 0 Å². The Morgan fingerprint density at radius 3 is 3.22 bits per heavy atom. The number of hydrogen-bond acceptors (Lipinski definition) is 2. The Bertz CT molecular complexity index is 416. The van der Waals surface area contributed by atoms with Gasteiger partial charge in [-0.2, -0.15) is 0 Å². The van der Waals surface area contributed by atoms with Crippen LogP contribution < -0.4 is 10.1 Å². The van der Waals surface area contributed by atoms with Gasteiger partial charge in [-0.25, -0.2) is 0 Å². The molecule has 1 aromatic rings. The fourth-order valence-corrected chi connectivity index (χ4v) is 2.98. The lowest BCUT2D eigenvalue weighted by atomic mass is 10.1. The maximum absolute atomic E-state index is 5.53. The number of ether oxygens (including phenoxy) is 1. The predicted molar refractivity (Wildman–Crippen MR) is 74.2 cm³/mol. The fraction of sp³-hybridized carbons (Fsp3) is 0.625. The number of hydrogen-bond donors (Lipinski definition) is 1. The highest BCUT2D eigenvalue weighted by molar-refractivity contribution is 5.39. The summed E-state index contributed by atoms with van der Waals surface area (Å²) in [5, 5.41) is 3.68. The summed E-state index contributed by atoms with van der Waals surface area (Å²) in [5.41, 5.74) is 2.84. The summed E-state index contributed by atoms with van der Waals surface area (Å²) in [6.45, 7) is 4.25. The van der Waals surface area contributed by atoms with Crippen LogP contribution in [0.15, 0.2) is 18.2 Å². The molecule has 2 nitrogen and oxygen atoms in total. The van der Waals surface area contributed by atoms with E-state index in [2.05, 4.69) is 30.4 Å². The predicted octanol–water partition coefficient (Wildman–Crippen LogP) is 2.94. The van der Waals surface area contributed by atoms with Gasteiger partial charge in [0.25, 0.3) is 0 Å². The van der Waals surface area contributed by atoms with E-state index in [4.69, 9.17) is 4.74 Å². The maximum atomic E-state index is 5.53. The lowest BCUT2D eigenvalue weighted by Crippen LogP contribution is -2.21. The number of nitrogens with one attached hydrogen (secondary N) is 1. The van der Waals surface area contributed by atoms with Crippen LogP contribution in [-0.4, -0.2) is 19.2 Å². The van der Waals surface area contributed by atoms with Crippen LogP contribution in [0, 0.1) is 5.92 Å². The Labute approximate surface area is 110 Å². The highest BCUT2D eigenvalue weighted by atomic mass is 16.5. The number of fused-ring (bicyclic) bond motifs is 1. The van der Waals surface area contributed by atoms with Crippen molar-refractivity contribution in [2.45, 2.75) is 45.1 Å². The lowest BCUT2D eigenvalue weighted by Gasteiger charge is -2.06.